The molecule has 1 aromatic carbocycles. The third kappa shape index (κ3) is 3.17. The number of hydrogen-bond donors (Lipinski definition) is 2. The molecule has 1 aliphatic heterocycles. The maximum absolute atomic E-state index is 14.2. The van der Waals surface area contributed by atoms with Crippen molar-refractivity contribution in [1.82, 2.24) is 4.57 Å². The van der Waals surface area contributed by atoms with E-state index in [1.807, 2.05) is 6.92 Å². The van der Waals surface area contributed by atoms with Crippen molar-refractivity contribution in [2.24, 2.45) is 17.8 Å². The number of hydrogen-bond acceptors (Lipinski definition) is 4. The quantitative estimate of drug-likeness (QED) is 0.897. The fraction of sp³-hybridized carbons (Fsp3) is 0.294. The second-order valence-corrected chi connectivity index (χ2v) is 7.09. The lowest BCUT2D eigenvalue weighted by Gasteiger charge is -2.30. The summed E-state index contributed by atoms with van der Waals surface area (Å²) in [4.78, 5) is 16.8. The van der Waals surface area contributed by atoms with E-state index < -0.39 is 11.4 Å². The fourth-order valence-electron chi connectivity index (χ4n) is 2.73. The standard InChI is InChI=1S/C17H19FN4OS/c1-17(7-9-24-16(19)21-17)11-5-6-12(18)13(10-11)20-15(23)14-4-3-8-22(14)2/h3-6,8,10H,7,9H2,1-2H3,(H2,19,21)(H,20,23). The van der Waals surface area contributed by atoms with Gasteiger partial charge in [0.25, 0.3) is 5.91 Å². The molecule has 3 N–H and O–H groups in total. The van der Waals surface area contributed by atoms with Gasteiger partial charge in [-0.25, -0.2) is 4.39 Å². The van der Waals surface area contributed by atoms with Gasteiger partial charge in [-0.15, -0.1) is 0 Å². The molecule has 24 heavy (non-hydrogen) atoms. The van der Waals surface area contributed by atoms with Gasteiger partial charge in [-0.05, 0) is 43.2 Å². The number of nitrogens with one attached hydrogen (secondary N) is 1. The molecular weight excluding hydrogens is 327 g/mol. The highest BCUT2D eigenvalue weighted by atomic mass is 32.2. The van der Waals surface area contributed by atoms with Gasteiger partial charge in [0.05, 0.1) is 11.2 Å². The van der Waals surface area contributed by atoms with Crippen molar-refractivity contribution in [1.29, 1.82) is 0 Å². The SMILES string of the molecule is Cn1cccc1C(=O)Nc1cc(C2(C)CCSC(N)=N2)ccc1F. The predicted octanol–water partition coefficient (Wildman–Crippen LogP) is 3.08. The molecule has 2 heterocycles. The van der Waals surface area contributed by atoms with Crippen LogP contribution < -0.4 is 11.1 Å². The van der Waals surface area contributed by atoms with E-state index in [1.165, 1.54) is 17.8 Å². The predicted molar refractivity (Wildman–Crippen MR) is 95.8 cm³/mol. The number of nitrogens with two attached hydrogens (primary N) is 1. The topological polar surface area (TPSA) is 72.4 Å². The molecule has 0 aliphatic carbocycles. The third-order valence-electron chi connectivity index (χ3n) is 4.21. The Hall–Kier alpha value is -2.28. The lowest BCUT2D eigenvalue weighted by molar-refractivity contribution is 0.101. The zero-order valence-electron chi connectivity index (χ0n) is 13.5. The third-order valence-corrected chi connectivity index (χ3v) is 5.00. The van der Waals surface area contributed by atoms with Gasteiger partial charge in [0.2, 0.25) is 0 Å². The molecular formula is C17H19FN4OS. The number of halogens is 1. The summed E-state index contributed by atoms with van der Waals surface area (Å²) in [5.41, 5.74) is 6.77. The molecule has 0 radical (unpaired) electrons. The minimum atomic E-state index is -0.506. The number of aromatic nitrogens is 1. The molecule has 0 saturated carbocycles. The lowest BCUT2D eigenvalue weighted by Crippen LogP contribution is -2.29. The number of benzene rings is 1. The van der Waals surface area contributed by atoms with Crippen LogP contribution in [0.15, 0.2) is 41.5 Å². The van der Waals surface area contributed by atoms with Gasteiger partial charge in [-0.2, -0.15) is 0 Å². The fourth-order valence-corrected chi connectivity index (χ4v) is 3.71. The number of amides is 1. The zero-order valence-corrected chi connectivity index (χ0v) is 14.4. The molecule has 7 heteroatoms. The normalized spacial score (nSPS) is 20.5. The Morgan fingerprint density at radius 3 is 2.92 bits per heavy atom. The average molecular weight is 346 g/mol. The zero-order chi connectivity index (χ0) is 17.3. The van der Waals surface area contributed by atoms with Crippen LogP contribution >= 0.6 is 11.8 Å². The Morgan fingerprint density at radius 1 is 1.46 bits per heavy atom. The molecule has 0 bridgehead atoms. The summed E-state index contributed by atoms with van der Waals surface area (Å²) in [7, 11) is 1.76. The summed E-state index contributed by atoms with van der Waals surface area (Å²) in [6.45, 7) is 1.97. The number of thioether (sulfide) groups is 1. The maximum atomic E-state index is 14.2. The van der Waals surface area contributed by atoms with Crippen molar-refractivity contribution in [3.05, 3.63) is 53.6 Å². The van der Waals surface area contributed by atoms with Gasteiger partial charge in [0, 0.05) is 19.0 Å². The number of anilines is 1. The molecule has 1 aliphatic rings. The number of rotatable bonds is 3. The first kappa shape index (κ1) is 16.6. The Kier molecular flexibility index (Phi) is 4.36. The summed E-state index contributed by atoms with van der Waals surface area (Å²) in [5.74, 6) is 0.0202. The first-order chi connectivity index (χ1) is 11.4. The number of nitrogens with zero attached hydrogens (tertiary/aromatic N) is 2. The second-order valence-electron chi connectivity index (χ2n) is 5.98. The van der Waals surface area contributed by atoms with Crippen LogP contribution in [0.2, 0.25) is 0 Å². The van der Waals surface area contributed by atoms with Crippen molar-refractivity contribution in [3.63, 3.8) is 0 Å². The van der Waals surface area contributed by atoms with E-state index in [-0.39, 0.29) is 11.6 Å². The Morgan fingerprint density at radius 2 is 2.25 bits per heavy atom. The molecule has 0 saturated heterocycles. The summed E-state index contributed by atoms with van der Waals surface area (Å²) in [6.07, 6.45) is 2.56. The number of aliphatic imine (C=N–C) groups is 1. The van der Waals surface area contributed by atoms with Gasteiger partial charge in [0.15, 0.2) is 5.17 Å². The lowest BCUT2D eigenvalue weighted by atomic mass is 9.89. The monoisotopic (exact) mass is 346 g/mol. The second kappa shape index (κ2) is 6.32. The van der Waals surface area contributed by atoms with Crippen LogP contribution in [-0.2, 0) is 12.6 Å². The summed E-state index contributed by atoms with van der Waals surface area (Å²) in [5, 5.41) is 3.17. The highest BCUT2D eigenvalue weighted by Crippen LogP contribution is 2.36. The van der Waals surface area contributed by atoms with E-state index in [1.54, 1.807) is 42.1 Å². The molecule has 1 aromatic heterocycles. The molecule has 1 amide bonds. The highest BCUT2D eigenvalue weighted by molar-refractivity contribution is 8.13. The largest absolute Gasteiger partial charge is 0.379 e. The minimum Gasteiger partial charge on any atom is -0.379 e. The van der Waals surface area contributed by atoms with Gasteiger partial charge in [0.1, 0.15) is 11.5 Å². The summed E-state index contributed by atoms with van der Waals surface area (Å²) < 4.78 is 15.8. The van der Waals surface area contributed by atoms with E-state index in [0.29, 0.717) is 10.9 Å². The van der Waals surface area contributed by atoms with Crippen molar-refractivity contribution in [2.45, 2.75) is 18.9 Å². The van der Waals surface area contributed by atoms with E-state index >= 15 is 0 Å². The van der Waals surface area contributed by atoms with Gasteiger partial charge >= 0.3 is 0 Å². The Balaban J connectivity index is 1.91. The van der Waals surface area contributed by atoms with Gasteiger partial charge in [-0.3, -0.25) is 9.79 Å². The molecule has 126 valence electrons. The molecule has 0 fully saturated rings. The first-order valence-electron chi connectivity index (χ1n) is 7.60. The van der Waals surface area contributed by atoms with Crippen molar-refractivity contribution < 1.29 is 9.18 Å². The molecule has 3 rings (SSSR count). The molecule has 0 spiro atoms. The van der Waals surface area contributed by atoms with E-state index in [2.05, 4.69) is 10.3 Å². The molecule has 2 aromatic rings. The van der Waals surface area contributed by atoms with E-state index in [9.17, 15) is 9.18 Å². The van der Waals surface area contributed by atoms with Gasteiger partial charge < -0.3 is 15.6 Å². The van der Waals surface area contributed by atoms with Crippen LogP contribution in [0.1, 0.15) is 29.4 Å². The van der Waals surface area contributed by atoms with Crippen LogP contribution in [0.3, 0.4) is 0 Å². The number of amidine groups is 1. The maximum Gasteiger partial charge on any atom is 0.272 e. The van der Waals surface area contributed by atoms with E-state index in [4.69, 9.17) is 5.73 Å². The van der Waals surface area contributed by atoms with Crippen LogP contribution in [0.5, 0.6) is 0 Å². The number of carbonyl (C=O) groups excluding carboxylic acids is 1. The number of aryl methyl sites for hydroxylation is 1. The van der Waals surface area contributed by atoms with E-state index in [0.717, 1.165) is 17.7 Å². The Labute approximate surface area is 144 Å². The molecule has 5 nitrogen and oxygen atoms in total. The summed E-state index contributed by atoms with van der Waals surface area (Å²) in [6, 6.07) is 8.14. The van der Waals surface area contributed by atoms with Crippen molar-refractivity contribution >= 4 is 28.5 Å². The Bertz CT molecular complexity index is 817. The van der Waals surface area contributed by atoms with Crippen LogP contribution in [0.25, 0.3) is 0 Å². The van der Waals surface area contributed by atoms with Crippen LogP contribution in [-0.4, -0.2) is 21.4 Å². The van der Waals surface area contributed by atoms with Crippen molar-refractivity contribution in [3.8, 4) is 0 Å². The average Bonchev–Trinajstić information content (AvgIpc) is 2.95. The summed E-state index contributed by atoms with van der Waals surface area (Å²) >= 11 is 1.51. The van der Waals surface area contributed by atoms with Gasteiger partial charge in [-0.1, -0.05) is 17.8 Å². The van der Waals surface area contributed by atoms with Crippen LogP contribution in [0.4, 0.5) is 10.1 Å². The van der Waals surface area contributed by atoms with Crippen molar-refractivity contribution in [2.75, 3.05) is 11.1 Å². The first-order valence-corrected chi connectivity index (χ1v) is 8.58. The highest BCUT2D eigenvalue weighted by Gasteiger charge is 2.30. The molecule has 1 unspecified atom stereocenters. The molecule has 1 atom stereocenters. The smallest absolute Gasteiger partial charge is 0.272 e. The number of carbonyl (C=O) groups is 1. The van der Waals surface area contributed by atoms with Crippen LogP contribution in [0, 0.1) is 5.82 Å². The minimum absolute atomic E-state index is 0.145.